The van der Waals surface area contributed by atoms with Gasteiger partial charge in [0.05, 0.1) is 36.2 Å². The number of likely N-dealkylation sites (N-methyl/N-ethyl adjacent to an activating group) is 2. The SMILES string of the molecule is COC(=O)c1ccc2c(C(=Nc3ccc(N(C)C(=O)CN4CCN(C)CC4)cc3)c3ccccc3)c(O)[nH]c2c1.O=C(O)[C@@H](O)[C@H](O)C(=O)O. The summed E-state index contributed by atoms with van der Waals surface area (Å²) in [6.07, 6.45) is -4.53. The molecule has 5 rings (SSSR count). The van der Waals surface area contributed by atoms with E-state index in [1.54, 1.807) is 30.1 Å². The number of hydrogen-bond acceptors (Lipinski definition) is 11. The van der Waals surface area contributed by atoms with Crippen molar-refractivity contribution < 1.29 is 49.4 Å². The zero-order chi connectivity index (χ0) is 36.5. The largest absolute Gasteiger partial charge is 0.494 e. The summed E-state index contributed by atoms with van der Waals surface area (Å²) in [7, 11) is 5.22. The first-order valence-electron chi connectivity index (χ1n) is 15.5. The van der Waals surface area contributed by atoms with Crippen LogP contribution < -0.4 is 4.90 Å². The molecule has 1 aromatic heterocycles. The van der Waals surface area contributed by atoms with Crippen molar-refractivity contribution in [1.82, 2.24) is 14.8 Å². The number of aromatic hydroxyl groups is 1. The van der Waals surface area contributed by atoms with Crippen LogP contribution in [-0.2, 0) is 19.1 Å². The molecule has 0 aliphatic carbocycles. The molecule has 1 amide bonds. The van der Waals surface area contributed by atoms with Gasteiger partial charge in [-0.2, -0.15) is 0 Å². The molecule has 4 aromatic rings. The number of esters is 1. The fourth-order valence-corrected chi connectivity index (χ4v) is 5.13. The molecule has 0 bridgehead atoms. The first-order chi connectivity index (χ1) is 23.8. The topological polar surface area (TPSA) is 217 Å². The number of fused-ring (bicyclic) bond motifs is 1. The van der Waals surface area contributed by atoms with E-state index in [9.17, 15) is 24.3 Å². The van der Waals surface area contributed by atoms with Crippen molar-refractivity contribution in [2.24, 2.45) is 4.99 Å². The Hall–Kier alpha value is -5.61. The van der Waals surface area contributed by atoms with Crippen LogP contribution in [0.15, 0.2) is 77.8 Å². The van der Waals surface area contributed by atoms with Crippen LogP contribution in [0.5, 0.6) is 5.88 Å². The highest BCUT2D eigenvalue weighted by molar-refractivity contribution is 6.22. The summed E-state index contributed by atoms with van der Waals surface area (Å²) in [5.41, 5.74) is 4.34. The van der Waals surface area contributed by atoms with Gasteiger partial charge in [0.25, 0.3) is 0 Å². The molecule has 1 saturated heterocycles. The number of carboxylic acid groups (broad SMARTS) is 2. The number of ether oxygens (including phenoxy) is 1. The molecule has 264 valence electrons. The number of aromatic nitrogens is 1. The number of nitrogens with one attached hydrogen (secondary N) is 1. The zero-order valence-electron chi connectivity index (χ0n) is 27.7. The maximum absolute atomic E-state index is 12.9. The van der Waals surface area contributed by atoms with Crippen molar-refractivity contribution in [2.75, 3.05) is 58.8 Å². The van der Waals surface area contributed by atoms with Crippen molar-refractivity contribution in [3.8, 4) is 5.88 Å². The fraction of sp³-hybridized carbons (Fsp3) is 0.286. The Labute approximate surface area is 287 Å². The second-order valence-electron chi connectivity index (χ2n) is 11.5. The Kier molecular flexibility index (Phi) is 12.4. The molecule has 0 spiro atoms. The number of aliphatic hydroxyl groups is 2. The van der Waals surface area contributed by atoms with Crippen LogP contribution in [0.3, 0.4) is 0 Å². The molecule has 0 unspecified atom stereocenters. The van der Waals surface area contributed by atoms with Crippen LogP contribution in [0.2, 0.25) is 0 Å². The average molecular weight is 690 g/mol. The Morgan fingerprint density at radius 1 is 0.880 bits per heavy atom. The van der Waals surface area contributed by atoms with Crippen LogP contribution in [0.1, 0.15) is 21.5 Å². The van der Waals surface area contributed by atoms with E-state index in [1.165, 1.54) is 7.11 Å². The van der Waals surface area contributed by atoms with Gasteiger partial charge in [0.15, 0.2) is 18.1 Å². The number of carbonyl (C=O) groups is 4. The van der Waals surface area contributed by atoms with Gasteiger partial charge < -0.3 is 45.1 Å². The summed E-state index contributed by atoms with van der Waals surface area (Å²) >= 11 is 0. The van der Waals surface area contributed by atoms with Crippen molar-refractivity contribution in [1.29, 1.82) is 0 Å². The highest BCUT2D eigenvalue weighted by Gasteiger charge is 2.29. The van der Waals surface area contributed by atoms with E-state index in [4.69, 9.17) is 30.2 Å². The third-order valence-electron chi connectivity index (χ3n) is 8.10. The minimum atomic E-state index is -2.27. The second kappa shape index (κ2) is 16.7. The number of H-pyrrole nitrogens is 1. The van der Waals surface area contributed by atoms with Gasteiger partial charge in [-0.25, -0.2) is 19.4 Å². The molecule has 15 heteroatoms. The predicted molar refractivity (Wildman–Crippen MR) is 184 cm³/mol. The molecule has 1 aliphatic heterocycles. The van der Waals surface area contributed by atoms with Crippen molar-refractivity contribution in [2.45, 2.75) is 12.2 Å². The summed E-state index contributed by atoms with van der Waals surface area (Å²) in [6.45, 7) is 4.09. The number of methoxy groups -OCH3 is 1. The number of aromatic amines is 1. The number of carboxylic acids is 2. The number of anilines is 1. The van der Waals surface area contributed by atoms with Gasteiger partial charge in [0, 0.05) is 55.4 Å². The van der Waals surface area contributed by atoms with Crippen molar-refractivity contribution in [3.05, 3.63) is 89.5 Å². The molecule has 1 aliphatic rings. The molecule has 0 radical (unpaired) electrons. The summed E-state index contributed by atoms with van der Waals surface area (Å²) < 4.78 is 4.83. The van der Waals surface area contributed by atoms with Crippen molar-refractivity contribution >= 4 is 51.8 Å². The molecule has 1 fully saturated rings. The van der Waals surface area contributed by atoms with E-state index in [1.807, 2.05) is 54.6 Å². The lowest BCUT2D eigenvalue weighted by Gasteiger charge is -2.32. The first-order valence-corrected chi connectivity index (χ1v) is 15.5. The van der Waals surface area contributed by atoms with Crippen LogP contribution in [0.4, 0.5) is 11.4 Å². The van der Waals surface area contributed by atoms with Crippen LogP contribution in [0.25, 0.3) is 10.9 Å². The summed E-state index contributed by atoms with van der Waals surface area (Å²) in [4.78, 5) is 58.5. The van der Waals surface area contributed by atoms with E-state index in [0.29, 0.717) is 34.6 Å². The highest BCUT2D eigenvalue weighted by Crippen LogP contribution is 2.32. The normalized spacial score (nSPS) is 15.0. The number of rotatable bonds is 10. The lowest BCUT2D eigenvalue weighted by Crippen LogP contribution is -2.48. The monoisotopic (exact) mass is 689 g/mol. The molecule has 2 heterocycles. The van der Waals surface area contributed by atoms with E-state index in [0.717, 1.165) is 42.8 Å². The molecular weight excluding hydrogens is 650 g/mol. The van der Waals surface area contributed by atoms with Gasteiger partial charge in [-0.3, -0.25) is 9.69 Å². The number of aliphatic carboxylic acids is 2. The lowest BCUT2D eigenvalue weighted by atomic mass is 10.00. The smallest absolute Gasteiger partial charge is 0.337 e. The average Bonchev–Trinajstić information content (AvgIpc) is 3.45. The number of aliphatic hydroxyl groups excluding tert-OH is 2. The van der Waals surface area contributed by atoms with Crippen LogP contribution in [-0.4, -0.2) is 136 Å². The van der Waals surface area contributed by atoms with Crippen molar-refractivity contribution in [3.63, 3.8) is 0 Å². The van der Waals surface area contributed by atoms with E-state index >= 15 is 0 Å². The number of hydrogen-bond donors (Lipinski definition) is 6. The number of piperazine rings is 1. The number of aliphatic imine (C=N–C) groups is 1. The van der Waals surface area contributed by atoms with Gasteiger partial charge in [-0.1, -0.05) is 36.4 Å². The molecule has 50 heavy (non-hydrogen) atoms. The molecular formula is C35H39N5O10. The molecule has 6 N–H and O–H groups in total. The standard InChI is InChI=1S/C31H33N5O4.C4H6O6/c1-34-15-17-36(18-16-34)20-27(37)35(2)24-12-10-23(11-13-24)32-29(21-7-5-4-6-8-21)28-25-14-9-22(31(39)40-3)19-26(25)33-30(28)38;5-1(3(7)8)2(6)4(9)10/h4-14,19,33,38H,15-18,20H2,1-3H3;1-2,5-6H,(H,7,8)(H,9,10)/t;1-,2-/m.0/s1. The number of benzene rings is 3. The van der Waals surface area contributed by atoms with Gasteiger partial charge in [-0.05, 0) is 43.4 Å². The van der Waals surface area contributed by atoms with Gasteiger partial charge in [0.1, 0.15) is 0 Å². The number of nitrogens with zero attached hydrogens (tertiary/aromatic N) is 4. The van der Waals surface area contributed by atoms with Gasteiger partial charge in [0.2, 0.25) is 5.91 Å². The summed E-state index contributed by atoms with van der Waals surface area (Å²) in [5, 5.41) is 44.2. The second-order valence-corrected chi connectivity index (χ2v) is 11.5. The van der Waals surface area contributed by atoms with Crippen LogP contribution >= 0.6 is 0 Å². The lowest BCUT2D eigenvalue weighted by molar-refractivity contribution is -0.165. The molecule has 15 nitrogen and oxygen atoms in total. The number of amides is 1. The van der Waals surface area contributed by atoms with E-state index in [2.05, 4.69) is 21.8 Å². The maximum Gasteiger partial charge on any atom is 0.337 e. The third kappa shape index (κ3) is 9.09. The first kappa shape index (κ1) is 37.2. The molecule has 2 atom stereocenters. The predicted octanol–water partition coefficient (Wildman–Crippen LogP) is 1.92. The Balaban J connectivity index is 0.000000490. The maximum atomic E-state index is 12.9. The summed E-state index contributed by atoms with van der Waals surface area (Å²) in [6, 6.07) is 22.2. The Morgan fingerprint density at radius 2 is 1.48 bits per heavy atom. The quantitative estimate of drug-likeness (QED) is 0.104. The zero-order valence-corrected chi connectivity index (χ0v) is 27.7. The van der Waals surface area contributed by atoms with Gasteiger partial charge in [-0.15, -0.1) is 0 Å². The summed E-state index contributed by atoms with van der Waals surface area (Å²) in [5.74, 6) is -4.00. The van der Waals surface area contributed by atoms with E-state index < -0.39 is 30.1 Å². The highest BCUT2D eigenvalue weighted by atomic mass is 16.5. The Bertz CT molecular complexity index is 1830. The third-order valence-corrected chi connectivity index (χ3v) is 8.10. The van der Waals surface area contributed by atoms with Crippen LogP contribution in [0, 0.1) is 0 Å². The molecule has 3 aromatic carbocycles. The minimum Gasteiger partial charge on any atom is -0.494 e. The van der Waals surface area contributed by atoms with Gasteiger partial charge >= 0.3 is 17.9 Å². The minimum absolute atomic E-state index is 0.0424. The number of carbonyl (C=O) groups excluding carboxylic acids is 2. The van der Waals surface area contributed by atoms with E-state index in [-0.39, 0.29) is 11.8 Å². The Morgan fingerprint density at radius 3 is 2.04 bits per heavy atom. The fourth-order valence-electron chi connectivity index (χ4n) is 5.13. The molecule has 0 saturated carbocycles.